The fraction of sp³-hybridized carbons (Fsp3) is 0.357. The van der Waals surface area contributed by atoms with Gasteiger partial charge < -0.3 is 11.1 Å². The third-order valence-electron chi connectivity index (χ3n) is 2.85. The smallest absolute Gasteiger partial charge is 0.0940 e. The molecule has 1 aromatic heterocycles. The maximum Gasteiger partial charge on any atom is 0.0940 e. The van der Waals surface area contributed by atoms with Gasteiger partial charge in [-0.15, -0.1) is 11.3 Å². The van der Waals surface area contributed by atoms with E-state index in [4.69, 9.17) is 5.73 Å². The zero-order valence-electron chi connectivity index (χ0n) is 10.9. The number of benzene rings is 1. The van der Waals surface area contributed by atoms with Crippen LogP contribution < -0.4 is 11.1 Å². The maximum absolute atomic E-state index is 5.79. The van der Waals surface area contributed by atoms with E-state index >= 15 is 0 Å². The molecule has 0 saturated heterocycles. The van der Waals surface area contributed by atoms with Gasteiger partial charge in [-0.2, -0.15) is 0 Å². The monoisotopic (exact) mass is 261 g/mol. The molecule has 0 aliphatic rings. The second-order valence-corrected chi connectivity index (χ2v) is 5.44. The number of nitrogens with zero attached hydrogens (tertiary/aromatic N) is 1. The second kappa shape index (κ2) is 5.98. The number of aryl methyl sites for hydroxylation is 2. The van der Waals surface area contributed by atoms with E-state index in [-0.39, 0.29) is 0 Å². The molecule has 96 valence electrons. The lowest BCUT2D eigenvalue weighted by atomic mass is 10.1. The molecule has 0 fully saturated rings. The molecule has 0 radical (unpaired) electrons. The van der Waals surface area contributed by atoms with Gasteiger partial charge in [-0.05, 0) is 31.0 Å². The first kappa shape index (κ1) is 13.1. The Kier molecular flexibility index (Phi) is 4.33. The summed E-state index contributed by atoms with van der Waals surface area (Å²) in [5.41, 5.74) is 10.2. The lowest BCUT2D eigenvalue weighted by Gasteiger charge is -2.06. The largest absolute Gasteiger partial charge is 0.399 e. The molecule has 4 heteroatoms. The number of hydrogen-bond acceptors (Lipinski definition) is 4. The van der Waals surface area contributed by atoms with Crippen LogP contribution in [0.2, 0.25) is 0 Å². The average molecular weight is 261 g/mol. The van der Waals surface area contributed by atoms with Crippen molar-refractivity contribution in [3.8, 4) is 0 Å². The van der Waals surface area contributed by atoms with Crippen molar-refractivity contribution in [2.75, 3.05) is 12.3 Å². The van der Waals surface area contributed by atoms with Crippen LogP contribution in [-0.2, 0) is 13.0 Å². The SMILES string of the molecule is Cc1csc(CCNCc2ccc(N)c(C)c2)n1. The van der Waals surface area contributed by atoms with Crippen LogP contribution in [-0.4, -0.2) is 11.5 Å². The van der Waals surface area contributed by atoms with Gasteiger partial charge in [0.15, 0.2) is 0 Å². The van der Waals surface area contributed by atoms with Gasteiger partial charge in [0.1, 0.15) is 0 Å². The fourth-order valence-electron chi connectivity index (χ4n) is 1.79. The van der Waals surface area contributed by atoms with Crippen LogP contribution in [0.15, 0.2) is 23.6 Å². The Morgan fingerprint density at radius 2 is 2.17 bits per heavy atom. The molecule has 1 aromatic carbocycles. The number of nitrogens with two attached hydrogens (primary N) is 1. The topological polar surface area (TPSA) is 50.9 Å². The van der Waals surface area contributed by atoms with Crippen molar-refractivity contribution >= 4 is 17.0 Å². The summed E-state index contributed by atoms with van der Waals surface area (Å²) < 4.78 is 0. The molecule has 0 aliphatic heterocycles. The molecule has 1 heterocycles. The number of nitrogen functional groups attached to an aromatic ring is 1. The maximum atomic E-state index is 5.79. The van der Waals surface area contributed by atoms with E-state index in [0.29, 0.717) is 0 Å². The lowest BCUT2D eigenvalue weighted by Crippen LogP contribution is -2.16. The highest BCUT2D eigenvalue weighted by molar-refractivity contribution is 7.09. The van der Waals surface area contributed by atoms with E-state index in [1.165, 1.54) is 10.6 Å². The molecule has 2 rings (SSSR count). The van der Waals surface area contributed by atoms with E-state index in [9.17, 15) is 0 Å². The first-order chi connectivity index (χ1) is 8.65. The summed E-state index contributed by atoms with van der Waals surface area (Å²) in [7, 11) is 0. The summed E-state index contributed by atoms with van der Waals surface area (Å²) in [6.45, 7) is 5.91. The molecular weight excluding hydrogens is 242 g/mol. The molecule has 3 N–H and O–H groups in total. The minimum atomic E-state index is 0.858. The van der Waals surface area contributed by atoms with E-state index in [1.807, 2.05) is 19.9 Å². The highest BCUT2D eigenvalue weighted by Crippen LogP contribution is 2.12. The van der Waals surface area contributed by atoms with E-state index in [2.05, 4.69) is 27.8 Å². The average Bonchev–Trinajstić information content (AvgIpc) is 2.75. The number of aromatic nitrogens is 1. The van der Waals surface area contributed by atoms with Gasteiger partial charge in [0.05, 0.1) is 5.01 Å². The molecular formula is C14H19N3S. The van der Waals surface area contributed by atoms with Crippen molar-refractivity contribution in [1.29, 1.82) is 0 Å². The molecule has 0 atom stereocenters. The van der Waals surface area contributed by atoms with Gasteiger partial charge >= 0.3 is 0 Å². The van der Waals surface area contributed by atoms with Crippen LogP contribution >= 0.6 is 11.3 Å². The number of rotatable bonds is 5. The predicted molar refractivity (Wildman–Crippen MR) is 77.9 cm³/mol. The minimum absolute atomic E-state index is 0.858. The molecule has 2 aromatic rings. The Morgan fingerprint density at radius 3 is 2.83 bits per heavy atom. The summed E-state index contributed by atoms with van der Waals surface area (Å²) in [6, 6.07) is 6.18. The van der Waals surface area contributed by atoms with Gasteiger partial charge in [-0.3, -0.25) is 0 Å². The van der Waals surface area contributed by atoms with Crippen molar-refractivity contribution in [3.05, 3.63) is 45.4 Å². The van der Waals surface area contributed by atoms with Gasteiger partial charge in [-0.25, -0.2) is 4.98 Å². The summed E-state index contributed by atoms with van der Waals surface area (Å²) in [6.07, 6.45) is 0.993. The van der Waals surface area contributed by atoms with Gasteiger partial charge in [0.2, 0.25) is 0 Å². The Labute approximate surface area is 112 Å². The predicted octanol–water partition coefficient (Wildman–Crippen LogP) is 2.67. The molecule has 0 saturated carbocycles. The third kappa shape index (κ3) is 3.55. The summed E-state index contributed by atoms with van der Waals surface area (Å²) in [5, 5.41) is 6.73. The Hall–Kier alpha value is -1.39. The Balaban J connectivity index is 1.76. The highest BCUT2D eigenvalue weighted by Gasteiger charge is 1.99. The van der Waals surface area contributed by atoms with Gasteiger partial charge in [-0.1, -0.05) is 12.1 Å². The normalized spacial score (nSPS) is 10.8. The molecule has 0 spiro atoms. The molecule has 0 bridgehead atoms. The standard InChI is InChI=1S/C14H19N3S/c1-10-7-12(3-4-13(10)15)8-16-6-5-14-17-11(2)9-18-14/h3-4,7,9,16H,5-6,8,15H2,1-2H3. The van der Waals surface area contributed by atoms with Crippen LogP contribution in [0.25, 0.3) is 0 Å². The van der Waals surface area contributed by atoms with Crippen LogP contribution in [0.3, 0.4) is 0 Å². The molecule has 18 heavy (non-hydrogen) atoms. The Bertz CT molecular complexity index is 520. The fourth-order valence-corrected chi connectivity index (χ4v) is 2.57. The summed E-state index contributed by atoms with van der Waals surface area (Å²) in [5.74, 6) is 0. The molecule has 0 aliphatic carbocycles. The second-order valence-electron chi connectivity index (χ2n) is 4.50. The van der Waals surface area contributed by atoms with Crippen molar-refractivity contribution in [2.45, 2.75) is 26.8 Å². The molecule has 3 nitrogen and oxygen atoms in total. The Morgan fingerprint density at radius 1 is 1.33 bits per heavy atom. The number of thiazole rings is 1. The number of anilines is 1. The van der Waals surface area contributed by atoms with E-state index in [0.717, 1.165) is 36.5 Å². The molecule has 0 amide bonds. The van der Waals surface area contributed by atoms with Crippen LogP contribution in [0.4, 0.5) is 5.69 Å². The van der Waals surface area contributed by atoms with E-state index < -0.39 is 0 Å². The van der Waals surface area contributed by atoms with Crippen molar-refractivity contribution in [3.63, 3.8) is 0 Å². The zero-order valence-corrected chi connectivity index (χ0v) is 11.7. The lowest BCUT2D eigenvalue weighted by molar-refractivity contribution is 0.684. The van der Waals surface area contributed by atoms with Gasteiger partial charge in [0, 0.05) is 36.3 Å². The summed E-state index contributed by atoms with van der Waals surface area (Å²) in [4.78, 5) is 4.44. The third-order valence-corrected chi connectivity index (χ3v) is 3.87. The first-order valence-corrected chi connectivity index (χ1v) is 7.00. The zero-order chi connectivity index (χ0) is 13.0. The van der Waals surface area contributed by atoms with Crippen LogP contribution in [0.1, 0.15) is 21.8 Å². The quantitative estimate of drug-likeness (QED) is 0.642. The van der Waals surface area contributed by atoms with Crippen molar-refractivity contribution in [1.82, 2.24) is 10.3 Å². The van der Waals surface area contributed by atoms with E-state index in [1.54, 1.807) is 11.3 Å². The van der Waals surface area contributed by atoms with Gasteiger partial charge in [0.25, 0.3) is 0 Å². The van der Waals surface area contributed by atoms with Crippen LogP contribution in [0.5, 0.6) is 0 Å². The first-order valence-electron chi connectivity index (χ1n) is 6.12. The molecule has 0 unspecified atom stereocenters. The highest BCUT2D eigenvalue weighted by atomic mass is 32.1. The minimum Gasteiger partial charge on any atom is -0.399 e. The van der Waals surface area contributed by atoms with Crippen molar-refractivity contribution in [2.24, 2.45) is 0 Å². The number of nitrogens with one attached hydrogen (secondary N) is 1. The summed E-state index contributed by atoms with van der Waals surface area (Å²) >= 11 is 1.73. The number of hydrogen-bond donors (Lipinski definition) is 2. The van der Waals surface area contributed by atoms with Crippen LogP contribution in [0, 0.1) is 13.8 Å². The van der Waals surface area contributed by atoms with Crippen molar-refractivity contribution < 1.29 is 0 Å².